The predicted octanol–water partition coefficient (Wildman–Crippen LogP) is -6.82. The number of hydrogen-bond acceptors (Lipinski definition) is 15. The lowest BCUT2D eigenvalue weighted by atomic mass is 9.91. The largest absolute Gasteiger partial charge is 0.544 e. The number of aliphatic hydroxyl groups is 7. The average molecular weight is 496 g/mol. The molecule has 15 nitrogen and oxygen atoms in total. The molecule has 0 amide bonds. The van der Waals surface area contributed by atoms with Crippen molar-refractivity contribution in [2.75, 3.05) is 13.2 Å². The number of aliphatic hydroxyl groups excluding tert-OH is 7. The third-order valence-corrected chi connectivity index (χ3v) is 5.52. The Morgan fingerprint density at radius 3 is 1.91 bits per heavy atom. The highest BCUT2D eigenvalue weighted by Crippen LogP contribution is 2.35. The molecule has 0 aromatic heterocycles. The smallest absolute Gasteiger partial charge is 0.253 e. The van der Waals surface area contributed by atoms with Gasteiger partial charge in [0.2, 0.25) is 5.79 Å². The Labute approximate surface area is 193 Å². The number of hydrogen-bond donors (Lipinski definition) is 7. The lowest BCUT2D eigenvalue weighted by Gasteiger charge is -2.48. The number of ether oxygens (including phenoxy) is 4. The van der Waals surface area contributed by atoms with Gasteiger partial charge in [0.1, 0.15) is 48.6 Å². The number of aliphatic carboxylic acids is 2. The van der Waals surface area contributed by atoms with Gasteiger partial charge in [-0.1, -0.05) is 6.08 Å². The fourth-order valence-corrected chi connectivity index (χ4v) is 3.65. The summed E-state index contributed by atoms with van der Waals surface area (Å²) in [5, 5.41) is 93.1. The molecule has 0 saturated carbocycles. The van der Waals surface area contributed by atoms with Crippen LogP contribution in [0.2, 0.25) is 0 Å². The molecule has 2 fully saturated rings. The Morgan fingerprint density at radius 2 is 1.44 bits per heavy atom. The number of carbonyl (C=O) groups is 2. The van der Waals surface area contributed by atoms with Crippen LogP contribution in [-0.2, 0) is 28.5 Å². The maximum Gasteiger partial charge on any atom is 0.253 e. The number of carbonyl (C=O) groups excluding carboxylic acids is 2. The summed E-state index contributed by atoms with van der Waals surface area (Å²) in [6, 6.07) is 0. The zero-order valence-electron chi connectivity index (χ0n) is 18.0. The molecular weight excluding hydrogens is 468 g/mol. The zero-order valence-corrected chi connectivity index (χ0v) is 18.0. The van der Waals surface area contributed by atoms with E-state index in [1.165, 1.54) is 13.0 Å². The molecule has 15 heteroatoms. The van der Waals surface area contributed by atoms with E-state index in [1.807, 2.05) is 0 Å². The van der Waals surface area contributed by atoms with Crippen LogP contribution in [-0.4, -0.2) is 121 Å². The maximum absolute atomic E-state index is 11.8. The summed E-state index contributed by atoms with van der Waals surface area (Å²) >= 11 is 0. The van der Waals surface area contributed by atoms with Crippen LogP contribution in [0.3, 0.4) is 0 Å². The van der Waals surface area contributed by atoms with Crippen LogP contribution in [0.1, 0.15) is 19.8 Å². The van der Waals surface area contributed by atoms with E-state index in [0.29, 0.717) is 0 Å². The highest BCUT2D eigenvalue weighted by atomic mass is 16.7. The van der Waals surface area contributed by atoms with Crippen LogP contribution in [0, 0.1) is 0 Å². The van der Waals surface area contributed by atoms with Crippen LogP contribution in [0.15, 0.2) is 12.3 Å². The number of rotatable bonds is 10. The minimum Gasteiger partial charge on any atom is -0.544 e. The first-order valence-electron chi connectivity index (χ1n) is 10.2. The monoisotopic (exact) mass is 496 g/mol. The van der Waals surface area contributed by atoms with Crippen LogP contribution in [0.5, 0.6) is 0 Å². The van der Waals surface area contributed by atoms with Crippen molar-refractivity contribution in [1.29, 1.82) is 0 Å². The summed E-state index contributed by atoms with van der Waals surface area (Å²) < 4.78 is 20.3. The minimum absolute atomic E-state index is 0.776. The second-order valence-corrected chi connectivity index (χ2v) is 7.99. The van der Waals surface area contributed by atoms with Crippen molar-refractivity contribution in [3.63, 3.8) is 0 Å². The SMILES string of the molecule is C/C=C\O[C@]1(C(=O)[O-])C[C@@H](O)[C@@H](O)[C@@H]([C@H](O)CO[C@]2(C(=O)[O-])C[C@@H](O)[C@@H](O)[C@@H]([C@H](O)CO)O2)O1. The second kappa shape index (κ2) is 11.2. The third-order valence-electron chi connectivity index (χ3n) is 5.52. The zero-order chi connectivity index (χ0) is 25.8. The lowest BCUT2D eigenvalue weighted by Crippen LogP contribution is -2.67. The van der Waals surface area contributed by atoms with Crippen molar-refractivity contribution >= 4 is 11.9 Å². The molecule has 7 N–H and O–H groups in total. The summed E-state index contributed by atoms with van der Waals surface area (Å²) in [7, 11) is 0. The first kappa shape index (κ1) is 28.3. The van der Waals surface area contributed by atoms with Crippen molar-refractivity contribution in [3.05, 3.63) is 12.3 Å². The summed E-state index contributed by atoms with van der Waals surface area (Å²) in [6.45, 7) is -0.551. The van der Waals surface area contributed by atoms with E-state index in [-0.39, 0.29) is 0 Å². The first-order chi connectivity index (χ1) is 15.8. The van der Waals surface area contributed by atoms with Crippen molar-refractivity contribution in [2.45, 2.75) is 80.2 Å². The Bertz CT molecular complexity index is 745. The molecule has 2 heterocycles. The molecule has 0 aromatic rings. The number of allylic oxidation sites excluding steroid dienone is 1. The van der Waals surface area contributed by atoms with E-state index >= 15 is 0 Å². The molecular formula is C19H28O15-2. The molecule has 0 spiro atoms. The molecule has 0 radical (unpaired) electrons. The van der Waals surface area contributed by atoms with Gasteiger partial charge in [-0.3, -0.25) is 0 Å². The lowest BCUT2D eigenvalue weighted by molar-refractivity contribution is -0.394. The molecule has 2 aliphatic heterocycles. The Kier molecular flexibility index (Phi) is 9.34. The maximum atomic E-state index is 11.8. The van der Waals surface area contributed by atoms with Gasteiger partial charge in [-0.2, -0.15) is 0 Å². The van der Waals surface area contributed by atoms with Crippen LogP contribution in [0.4, 0.5) is 0 Å². The fraction of sp³-hybridized carbons (Fsp3) is 0.789. The van der Waals surface area contributed by atoms with Crippen molar-refractivity contribution in [2.24, 2.45) is 0 Å². The van der Waals surface area contributed by atoms with Crippen LogP contribution < -0.4 is 10.2 Å². The van der Waals surface area contributed by atoms with E-state index in [0.717, 1.165) is 6.26 Å². The van der Waals surface area contributed by atoms with E-state index < -0.39 is 98.4 Å². The van der Waals surface area contributed by atoms with Gasteiger partial charge in [-0.25, -0.2) is 0 Å². The highest BCUT2D eigenvalue weighted by Gasteiger charge is 2.53. The molecule has 0 aliphatic carbocycles. The molecule has 2 rings (SSSR count). The molecule has 2 saturated heterocycles. The van der Waals surface area contributed by atoms with Gasteiger partial charge >= 0.3 is 0 Å². The van der Waals surface area contributed by atoms with E-state index in [4.69, 9.17) is 24.1 Å². The molecule has 196 valence electrons. The summed E-state index contributed by atoms with van der Waals surface area (Å²) in [5.74, 6) is -9.47. The van der Waals surface area contributed by atoms with Gasteiger partial charge in [-0.15, -0.1) is 0 Å². The van der Waals surface area contributed by atoms with Crippen molar-refractivity contribution < 1.29 is 74.5 Å². The average Bonchev–Trinajstić information content (AvgIpc) is 2.79. The summed E-state index contributed by atoms with van der Waals surface area (Å²) in [6.07, 6.45) is -14.4. The topological polar surface area (TPSA) is 259 Å². The van der Waals surface area contributed by atoms with Gasteiger partial charge in [-0.05, 0) is 6.92 Å². The van der Waals surface area contributed by atoms with Crippen molar-refractivity contribution in [3.8, 4) is 0 Å². The van der Waals surface area contributed by atoms with Crippen LogP contribution >= 0.6 is 0 Å². The molecule has 34 heavy (non-hydrogen) atoms. The second-order valence-electron chi connectivity index (χ2n) is 7.99. The molecule has 0 aromatic carbocycles. The molecule has 0 unspecified atom stereocenters. The summed E-state index contributed by atoms with van der Waals surface area (Å²) in [4.78, 5) is 23.4. The quantitative estimate of drug-likeness (QED) is 0.139. The van der Waals surface area contributed by atoms with Gasteiger partial charge in [0.25, 0.3) is 5.79 Å². The minimum atomic E-state index is -2.84. The summed E-state index contributed by atoms with van der Waals surface area (Å²) in [5.41, 5.74) is 0. The van der Waals surface area contributed by atoms with Crippen molar-refractivity contribution in [1.82, 2.24) is 0 Å². The highest BCUT2D eigenvalue weighted by molar-refractivity contribution is 5.74. The fourth-order valence-electron chi connectivity index (χ4n) is 3.65. The third kappa shape index (κ3) is 5.65. The number of carboxylic acid groups (broad SMARTS) is 2. The molecule has 0 bridgehead atoms. The van der Waals surface area contributed by atoms with E-state index in [9.17, 15) is 50.4 Å². The predicted molar refractivity (Wildman–Crippen MR) is 99.4 cm³/mol. The molecule has 2 aliphatic rings. The number of carboxylic acids is 2. The van der Waals surface area contributed by atoms with Crippen LogP contribution in [0.25, 0.3) is 0 Å². The Balaban J connectivity index is 2.24. The van der Waals surface area contributed by atoms with Gasteiger partial charge in [0.05, 0.1) is 31.7 Å². The standard InChI is InChI=1S/C19H30O15/c1-2-3-31-18(16(27)28)4-8(21)13(26)15(34-18)11(24)7-32-19(17(29)30)5-9(22)12(25)14(33-19)10(23)6-20/h2-3,8-15,20-26H,4-7H2,1H3,(H,27,28)(H,29,30)/p-2/b3-2-/t8-,9-,10-,11-,12-,13-,14-,15-,18-,19-/m1/s1. The normalized spacial score (nSPS) is 40.6. The first-order valence-corrected chi connectivity index (χ1v) is 10.2. The molecule has 10 atom stereocenters. The van der Waals surface area contributed by atoms with Gasteiger partial charge in [0, 0.05) is 12.8 Å². The van der Waals surface area contributed by atoms with E-state index in [2.05, 4.69) is 0 Å². The Morgan fingerprint density at radius 1 is 0.971 bits per heavy atom. The van der Waals surface area contributed by atoms with E-state index in [1.54, 1.807) is 0 Å². The Hall–Kier alpha value is -1.92. The van der Waals surface area contributed by atoms with Gasteiger partial charge in [0.15, 0.2) is 0 Å². The van der Waals surface area contributed by atoms with Gasteiger partial charge < -0.3 is 74.5 Å².